The fourth-order valence-electron chi connectivity index (χ4n) is 3.66. The van der Waals surface area contributed by atoms with Gasteiger partial charge in [0.1, 0.15) is 0 Å². The lowest BCUT2D eigenvalue weighted by atomic mass is 9.93. The van der Waals surface area contributed by atoms with Crippen LogP contribution in [0, 0.1) is 5.41 Å². The maximum Gasteiger partial charge on any atom is 0.193 e. The van der Waals surface area contributed by atoms with E-state index in [1.165, 1.54) is 17.5 Å². The van der Waals surface area contributed by atoms with Gasteiger partial charge in [0, 0.05) is 46.3 Å². The fourth-order valence-corrected chi connectivity index (χ4v) is 3.66. The number of benzene rings is 1. The molecule has 1 aromatic rings. The van der Waals surface area contributed by atoms with E-state index in [0.717, 1.165) is 58.4 Å². The second kappa shape index (κ2) is 8.19. The van der Waals surface area contributed by atoms with Gasteiger partial charge in [0.2, 0.25) is 0 Å². The van der Waals surface area contributed by atoms with Crippen molar-refractivity contribution < 1.29 is 4.74 Å². The molecule has 0 aliphatic carbocycles. The van der Waals surface area contributed by atoms with E-state index in [9.17, 15) is 0 Å². The molecule has 2 aliphatic heterocycles. The minimum Gasteiger partial charge on any atom is -0.379 e. The zero-order valence-corrected chi connectivity index (χ0v) is 15.9. The molecular formula is C20H32N4O. The van der Waals surface area contributed by atoms with Gasteiger partial charge in [0.15, 0.2) is 5.96 Å². The molecule has 0 bridgehead atoms. The van der Waals surface area contributed by atoms with Crippen LogP contribution in [0.1, 0.15) is 31.4 Å². The van der Waals surface area contributed by atoms with Crippen molar-refractivity contribution in [1.29, 1.82) is 0 Å². The van der Waals surface area contributed by atoms with Crippen LogP contribution in [-0.4, -0.2) is 62.2 Å². The zero-order chi connectivity index (χ0) is 17.7. The van der Waals surface area contributed by atoms with Gasteiger partial charge >= 0.3 is 0 Å². The average molecular weight is 345 g/mol. The predicted octanol–water partition coefficient (Wildman–Crippen LogP) is 2.33. The average Bonchev–Trinajstić information content (AvgIpc) is 2.97. The third-order valence-corrected chi connectivity index (χ3v) is 5.14. The molecule has 138 valence electrons. The Morgan fingerprint density at radius 2 is 1.96 bits per heavy atom. The molecule has 25 heavy (non-hydrogen) atoms. The standard InChI is InChI=1S/C20H32N4O/c1-20(2)7-8-24(16-20)19(21-3)22-14-17-5-4-6-18(13-17)15-23-9-11-25-12-10-23/h4-6,13H,7-12,14-16H2,1-3H3,(H,21,22). The molecule has 2 fully saturated rings. The van der Waals surface area contributed by atoms with Crippen LogP contribution in [-0.2, 0) is 17.8 Å². The van der Waals surface area contributed by atoms with Crippen LogP contribution in [0.5, 0.6) is 0 Å². The lowest BCUT2D eigenvalue weighted by molar-refractivity contribution is 0.0342. The summed E-state index contributed by atoms with van der Waals surface area (Å²) in [5.74, 6) is 1.02. The van der Waals surface area contributed by atoms with E-state index >= 15 is 0 Å². The summed E-state index contributed by atoms with van der Waals surface area (Å²) in [6.45, 7) is 12.4. The molecule has 3 rings (SSSR count). The SMILES string of the molecule is CN=C(NCc1cccc(CN2CCOCC2)c1)N1CCC(C)(C)C1. The first-order valence-electron chi connectivity index (χ1n) is 9.39. The Morgan fingerprint density at radius 1 is 1.20 bits per heavy atom. The van der Waals surface area contributed by atoms with Crippen molar-refractivity contribution in [1.82, 2.24) is 15.1 Å². The van der Waals surface area contributed by atoms with Crippen LogP contribution >= 0.6 is 0 Å². The Morgan fingerprint density at radius 3 is 2.64 bits per heavy atom. The van der Waals surface area contributed by atoms with Crippen molar-refractivity contribution >= 4 is 5.96 Å². The van der Waals surface area contributed by atoms with E-state index in [0.29, 0.717) is 5.41 Å². The number of hydrogen-bond donors (Lipinski definition) is 1. The van der Waals surface area contributed by atoms with E-state index in [2.05, 4.69) is 58.2 Å². The minimum atomic E-state index is 0.385. The summed E-state index contributed by atoms with van der Waals surface area (Å²) in [5, 5.41) is 3.54. The summed E-state index contributed by atoms with van der Waals surface area (Å²) >= 11 is 0. The topological polar surface area (TPSA) is 40.1 Å². The number of morpholine rings is 1. The largest absolute Gasteiger partial charge is 0.379 e. The number of guanidine groups is 1. The lowest BCUT2D eigenvalue weighted by Gasteiger charge is -2.26. The van der Waals surface area contributed by atoms with Gasteiger partial charge in [0.05, 0.1) is 13.2 Å². The number of aliphatic imine (C=N–C) groups is 1. The van der Waals surface area contributed by atoms with E-state index in [1.807, 2.05) is 7.05 Å². The van der Waals surface area contributed by atoms with E-state index in [-0.39, 0.29) is 0 Å². The van der Waals surface area contributed by atoms with Gasteiger partial charge in [-0.25, -0.2) is 0 Å². The summed E-state index contributed by atoms with van der Waals surface area (Å²) in [6.07, 6.45) is 1.22. The number of nitrogens with zero attached hydrogens (tertiary/aromatic N) is 3. The number of hydrogen-bond acceptors (Lipinski definition) is 3. The van der Waals surface area contributed by atoms with Crippen molar-refractivity contribution in [2.24, 2.45) is 10.4 Å². The van der Waals surface area contributed by atoms with Gasteiger partial charge in [-0.3, -0.25) is 9.89 Å². The van der Waals surface area contributed by atoms with Gasteiger partial charge in [-0.05, 0) is 23.0 Å². The predicted molar refractivity (Wildman–Crippen MR) is 103 cm³/mol. The second-order valence-electron chi connectivity index (χ2n) is 7.95. The highest BCUT2D eigenvalue weighted by molar-refractivity contribution is 5.80. The highest BCUT2D eigenvalue weighted by atomic mass is 16.5. The molecule has 5 heteroatoms. The summed E-state index contributed by atoms with van der Waals surface area (Å²) in [7, 11) is 1.88. The normalized spacial score (nSPS) is 21.6. The van der Waals surface area contributed by atoms with Crippen LogP contribution in [0.15, 0.2) is 29.3 Å². The van der Waals surface area contributed by atoms with Crippen LogP contribution in [0.25, 0.3) is 0 Å². The van der Waals surface area contributed by atoms with Gasteiger partial charge in [-0.15, -0.1) is 0 Å². The van der Waals surface area contributed by atoms with E-state index < -0.39 is 0 Å². The van der Waals surface area contributed by atoms with Gasteiger partial charge in [-0.1, -0.05) is 38.1 Å². The molecule has 5 nitrogen and oxygen atoms in total. The van der Waals surface area contributed by atoms with Crippen molar-refractivity contribution in [2.45, 2.75) is 33.4 Å². The molecule has 1 aromatic carbocycles. The van der Waals surface area contributed by atoms with Gasteiger partial charge in [0.25, 0.3) is 0 Å². The first kappa shape index (κ1) is 18.2. The quantitative estimate of drug-likeness (QED) is 0.672. The molecule has 0 atom stereocenters. The number of nitrogens with one attached hydrogen (secondary N) is 1. The Balaban J connectivity index is 1.54. The van der Waals surface area contributed by atoms with Crippen molar-refractivity contribution in [2.75, 3.05) is 46.4 Å². The molecule has 2 saturated heterocycles. The zero-order valence-electron chi connectivity index (χ0n) is 15.9. The molecular weight excluding hydrogens is 312 g/mol. The third-order valence-electron chi connectivity index (χ3n) is 5.14. The maximum atomic E-state index is 5.43. The van der Waals surface area contributed by atoms with Crippen LogP contribution in [0.4, 0.5) is 0 Å². The molecule has 0 saturated carbocycles. The smallest absolute Gasteiger partial charge is 0.193 e. The Bertz CT molecular complexity index is 593. The van der Waals surface area contributed by atoms with Crippen LogP contribution in [0.2, 0.25) is 0 Å². The van der Waals surface area contributed by atoms with Gasteiger partial charge < -0.3 is 15.0 Å². The molecule has 0 amide bonds. The Kier molecular flexibility index (Phi) is 5.97. The Labute approximate surface area is 152 Å². The van der Waals surface area contributed by atoms with Crippen molar-refractivity contribution in [3.05, 3.63) is 35.4 Å². The van der Waals surface area contributed by atoms with Crippen LogP contribution < -0.4 is 5.32 Å². The minimum absolute atomic E-state index is 0.385. The van der Waals surface area contributed by atoms with Crippen molar-refractivity contribution in [3.63, 3.8) is 0 Å². The molecule has 0 aromatic heterocycles. The monoisotopic (exact) mass is 344 g/mol. The molecule has 0 spiro atoms. The summed E-state index contributed by atoms with van der Waals surface area (Å²) in [6, 6.07) is 8.88. The van der Waals surface area contributed by atoms with Gasteiger partial charge in [-0.2, -0.15) is 0 Å². The summed E-state index contributed by atoms with van der Waals surface area (Å²) in [4.78, 5) is 9.31. The van der Waals surface area contributed by atoms with E-state index in [1.54, 1.807) is 0 Å². The highest BCUT2D eigenvalue weighted by Crippen LogP contribution is 2.28. The fraction of sp³-hybridized carbons (Fsp3) is 0.650. The van der Waals surface area contributed by atoms with Crippen LogP contribution in [0.3, 0.4) is 0 Å². The number of ether oxygens (including phenoxy) is 1. The summed E-state index contributed by atoms with van der Waals surface area (Å²) < 4.78 is 5.43. The van der Waals surface area contributed by atoms with E-state index in [4.69, 9.17) is 4.74 Å². The molecule has 0 unspecified atom stereocenters. The first-order chi connectivity index (χ1) is 12.1. The maximum absolute atomic E-state index is 5.43. The third kappa shape index (κ3) is 5.19. The molecule has 0 radical (unpaired) electrons. The molecule has 2 aliphatic rings. The number of rotatable bonds is 4. The number of likely N-dealkylation sites (tertiary alicyclic amines) is 1. The lowest BCUT2D eigenvalue weighted by Crippen LogP contribution is -2.40. The molecule has 1 N–H and O–H groups in total. The highest BCUT2D eigenvalue weighted by Gasteiger charge is 2.30. The summed E-state index contributed by atoms with van der Waals surface area (Å²) in [5.41, 5.74) is 3.07. The molecule has 2 heterocycles. The Hall–Kier alpha value is -1.59. The van der Waals surface area contributed by atoms with Crippen molar-refractivity contribution in [3.8, 4) is 0 Å². The first-order valence-corrected chi connectivity index (χ1v) is 9.39. The second-order valence-corrected chi connectivity index (χ2v) is 7.95.